The van der Waals surface area contributed by atoms with E-state index in [1.54, 1.807) is 17.9 Å². The number of carbonyl (C=O) groups excluding carboxylic acids is 1. The largest absolute Gasteiger partial charge is 0.335 e. The fourth-order valence-corrected chi connectivity index (χ4v) is 3.40. The molecule has 1 aliphatic heterocycles. The first kappa shape index (κ1) is 16.5. The molecule has 1 aliphatic rings. The highest BCUT2D eigenvalue weighted by Gasteiger charge is 2.25. The van der Waals surface area contributed by atoms with Crippen LogP contribution in [-0.2, 0) is 13.6 Å². The standard InChI is InChI=1S/C16H18BrClN4O/c1-20-15(14(17)10-19-20)16(23)22-8-6-21(7-9-22)11-12-2-4-13(18)5-3-12/h2-5,10H,6-9,11H2,1H3. The van der Waals surface area contributed by atoms with Crippen LogP contribution >= 0.6 is 27.5 Å². The number of amides is 1. The van der Waals surface area contributed by atoms with Gasteiger partial charge in [0.05, 0.1) is 10.7 Å². The molecule has 1 fully saturated rings. The molecule has 3 rings (SSSR count). The van der Waals surface area contributed by atoms with Crippen molar-refractivity contribution in [1.29, 1.82) is 0 Å². The van der Waals surface area contributed by atoms with Gasteiger partial charge in [0.1, 0.15) is 5.69 Å². The van der Waals surface area contributed by atoms with Gasteiger partial charge in [0.15, 0.2) is 0 Å². The Bertz CT molecular complexity index is 673. The van der Waals surface area contributed by atoms with Crippen LogP contribution in [0.25, 0.3) is 0 Å². The lowest BCUT2D eigenvalue weighted by Crippen LogP contribution is -2.48. The van der Waals surface area contributed by atoms with E-state index in [1.165, 1.54) is 5.56 Å². The molecular weight excluding hydrogens is 380 g/mol. The van der Waals surface area contributed by atoms with Crippen molar-refractivity contribution in [2.45, 2.75) is 6.54 Å². The number of benzene rings is 1. The van der Waals surface area contributed by atoms with Gasteiger partial charge in [-0.05, 0) is 33.6 Å². The van der Waals surface area contributed by atoms with Crippen molar-refractivity contribution < 1.29 is 4.79 Å². The van der Waals surface area contributed by atoms with Crippen LogP contribution in [0.4, 0.5) is 0 Å². The molecule has 2 aromatic rings. The Morgan fingerprint density at radius 2 is 1.87 bits per heavy atom. The smallest absolute Gasteiger partial charge is 0.273 e. The molecule has 0 atom stereocenters. The zero-order chi connectivity index (χ0) is 16.4. The number of nitrogens with zero attached hydrogens (tertiary/aromatic N) is 4. The topological polar surface area (TPSA) is 41.4 Å². The van der Waals surface area contributed by atoms with E-state index in [4.69, 9.17) is 11.6 Å². The second-order valence-corrected chi connectivity index (χ2v) is 6.95. The van der Waals surface area contributed by atoms with E-state index in [0.717, 1.165) is 42.2 Å². The molecule has 0 radical (unpaired) electrons. The summed E-state index contributed by atoms with van der Waals surface area (Å²) in [6.07, 6.45) is 1.66. The number of aromatic nitrogens is 2. The molecule has 7 heteroatoms. The number of aryl methyl sites for hydroxylation is 1. The van der Waals surface area contributed by atoms with E-state index in [2.05, 4.69) is 25.9 Å². The molecule has 0 spiro atoms. The van der Waals surface area contributed by atoms with Crippen molar-refractivity contribution >= 4 is 33.4 Å². The summed E-state index contributed by atoms with van der Waals surface area (Å²) >= 11 is 9.31. The molecule has 1 aromatic heterocycles. The number of hydrogen-bond donors (Lipinski definition) is 0. The Labute approximate surface area is 148 Å². The van der Waals surface area contributed by atoms with Gasteiger partial charge < -0.3 is 4.90 Å². The Morgan fingerprint density at radius 3 is 2.43 bits per heavy atom. The van der Waals surface area contributed by atoms with E-state index in [0.29, 0.717) is 5.69 Å². The predicted octanol–water partition coefficient (Wildman–Crippen LogP) is 2.79. The Hall–Kier alpha value is -1.37. The number of halogens is 2. The SMILES string of the molecule is Cn1ncc(Br)c1C(=O)N1CCN(Cc2ccc(Cl)cc2)CC1. The van der Waals surface area contributed by atoms with Crippen molar-refractivity contribution in [1.82, 2.24) is 19.6 Å². The molecule has 1 saturated heterocycles. The van der Waals surface area contributed by atoms with Gasteiger partial charge in [0, 0.05) is 44.8 Å². The summed E-state index contributed by atoms with van der Waals surface area (Å²) < 4.78 is 2.36. The zero-order valence-electron chi connectivity index (χ0n) is 12.9. The fraction of sp³-hybridized carbons (Fsp3) is 0.375. The molecule has 5 nitrogen and oxygen atoms in total. The summed E-state index contributed by atoms with van der Waals surface area (Å²) in [6, 6.07) is 7.92. The highest BCUT2D eigenvalue weighted by molar-refractivity contribution is 9.10. The summed E-state index contributed by atoms with van der Waals surface area (Å²) in [5.41, 5.74) is 1.85. The maximum Gasteiger partial charge on any atom is 0.273 e. The highest BCUT2D eigenvalue weighted by Crippen LogP contribution is 2.19. The molecule has 23 heavy (non-hydrogen) atoms. The van der Waals surface area contributed by atoms with Crippen molar-refractivity contribution in [3.05, 3.63) is 51.2 Å². The Kier molecular flexibility index (Phi) is 5.04. The van der Waals surface area contributed by atoms with Crippen LogP contribution in [0.5, 0.6) is 0 Å². The minimum atomic E-state index is 0.0306. The fourth-order valence-electron chi connectivity index (χ4n) is 2.76. The number of carbonyl (C=O) groups is 1. The number of piperazine rings is 1. The van der Waals surface area contributed by atoms with Crippen LogP contribution in [0.15, 0.2) is 34.9 Å². The van der Waals surface area contributed by atoms with Crippen molar-refractivity contribution in [2.75, 3.05) is 26.2 Å². The molecule has 2 heterocycles. The Balaban J connectivity index is 1.58. The predicted molar refractivity (Wildman–Crippen MR) is 93.5 cm³/mol. The van der Waals surface area contributed by atoms with Crippen LogP contribution in [0, 0.1) is 0 Å². The molecule has 0 unspecified atom stereocenters. The molecule has 0 bridgehead atoms. The first-order valence-corrected chi connectivity index (χ1v) is 8.65. The average Bonchev–Trinajstić information content (AvgIpc) is 2.88. The van der Waals surface area contributed by atoms with E-state index in [1.807, 2.05) is 29.2 Å². The molecule has 0 saturated carbocycles. The molecule has 1 aromatic carbocycles. The Morgan fingerprint density at radius 1 is 1.22 bits per heavy atom. The third-order valence-electron chi connectivity index (χ3n) is 4.08. The minimum Gasteiger partial charge on any atom is -0.335 e. The third-order valence-corrected chi connectivity index (χ3v) is 4.91. The van der Waals surface area contributed by atoms with E-state index < -0.39 is 0 Å². The van der Waals surface area contributed by atoms with Crippen LogP contribution in [0.2, 0.25) is 5.02 Å². The second-order valence-electron chi connectivity index (χ2n) is 5.66. The van der Waals surface area contributed by atoms with Crippen LogP contribution in [0.1, 0.15) is 16.1 Å². The van der Waals surface area contributed by atoms with Gasteiger partial charge in [-0.3, -0.25) is 14.4 Å². The summed E-state index contributed by atoms with van der Waals surface area (Å²) in [6.45, 7) is 4.07. The van der Waals surface area contributed by atoms with Gasteiger partial charge >= 0.3 is 0 Å². The number of hydrogen-bond acceptors (Lipinski definition) is 3. The number of rotatable bonds is 3. The molecule has 0 aliphatic carbocycles. The van der Waals surface area contributed by atoms with Gasteiger partial charge in [-0.1, -0.05) is 23.7 Å². The van der Waals surface area contributed by atoms with Gasteiger partial charge in [0.25, 0.3) is 5.91 Å². The van der Waals surface area contributed by atoms with Crippen molar-refractivity contribution in [2.24, 2.45) is 7.05 Å². The normalized spacial score (nSPS) is 15.9. The van der Waals surface area contributed by atoms with Crippen LogP contribution in [-0.4, -0.2) is 51.7 Å². The molecule has 1 amide bonds. The van der Waals surface area contributed by atoms with Crippen molar-refractivity contribution in [3.63, 3.8) is 0 Å². The van der Waals surface area contributed by atoms with Gasteiger partial charge in [-0.15, -0.1) is 0 Å². The monoisotopic (exact) mass is 396 g/mol. The maximum absolute atomic E-state index is 12.6. The summed E-state index contributed by atoms with van der Waals surface area (Å²) in [5.74, 6) is 0.0306. The van der Waals surface area contributed by atoms with Crippen LogP contribution < -0.4 is 0 Å². The maximum atomic E-state index is 12.6. The average molecular weight is 398 g/mol. The van der Waals surface area contributed by atoms with E-state index in [9.17, 15) is 4.79 Å². The first-order valence-electron chi connectivity index (χ1n) is 7.48. The lowest BCUT2D eigenvalue weighted by Gasteiger charge is -2.34. The summed E-state index contributed by atoms with van der Waals surface area (Å²) in [7, 11) is 1.79. The molecule has 0 N–H and O–H groups in total. The zero-order valence-corrected chi connectivity index (χ0v) is 15.2. The summed E-state index contributed by atoms with van der Waals surface area (Å²) in [5, 5.41) is 4.87. The van der Waals surface area contributed by atoms with E-state index in [-0.39, 0.29) is 5.91 Å². The highest BCUT2D eigenvalue weighted by atomic mass is 79.9. The second kappa shape index (κ2) is 7.03. The third kappa shape index (κ3) is 3.76. The van der Waals surface area contributed by atoms with E-state index >= 15 is 0 Å². The van der Waals surface area contributed by atoms with Gasteiger partial charge in [-0.25, -0.2) is 0 Å². The lowest BCUT2D eigenvalue weighted by molar-refractivity contribution is 0.0617. The lowest BCUT2D eigenvalue weighted by atomic mass is 10.2. The minimum absolute atomic E-state index is 0.0306. The van der Waals surface area contributed by atoms with Crippen LogP contribution in [0.3, 0.4) is 0 Å². The van der Waals surface area contributed by atoms with Crippen molar-refractivity contribution in [3.8, 4) is 0 Å². The van der Waals surface area contributed by atoms with Gasteiger partial charge in [0.2, 0.25) is 0 Å². The quantitative estimate of drug-likeness (QED) is 0.800. The molecular formula is C16H18BrClN4O. The first-order chi connectivity index (χ1) is 11.0. The van der Waals surface area contributed by atoms with Gasteiger partial charge in [-0.2, -0.15) is 5.10 Å². The molecule has 122 valence electrons. The summed E-state index contributed by atoms with van der Waals surface area (Å²) in [4.78, 5) is 16.8.